The molecule has 3 aliphatic rings. The third-order valence-electron chi connectivity index (χ3n) is 7.99. The van der Waals surface area contributed by atoms with Crippen LogP contribution < -0.4 is 15.1 Å². The molecule has 0 aromatic heterocycles. The summed E-state index contributed by atoms with van der Waals surface area (Å²) in [5.41, 5.74) is 1.42. The second kappa shape index (κ2) is 9.89. The van der Waals surface area contributed by atoms with Crippen LogP contribution >= 0.6 is 15.9 Å². The van der Waals surface area contributed by atoms with Gasteiger partial charge in [0.25, 0.3) is 5.91 Å². The van der Waals surface area contributed by atoms with Crippen LogP contribution in [-0.2, 0) is 26.5 Å². The Hall–Kier alpha value is -2.11. The van der Waals surface area contributed by atoms with Crippen LogP contribution in [0.1, 0.15) is 24.5 Å². The number of carbonyl (C=O) groups is 2. The van der Waals surface area contributed by atoms with Crippen LogP contribution in [0.4, 0.5) is 15.5 Å². The van der Waals surface area contributed by atoms with Crippen LogP contribution in [0.15, 0.2) is 46.9 Å². The zero-order chi connectivity index (χ0) is 26.5. The summed E-state index contributed by atoms with van der Waals surface area (Å²) < 4.78 is 23.0. The number of hydrogen-bond acceptors (Lipinski definition) is 5. The van der Waals surface area contributed by atoms with Gasteiger partial charge in [-0.2, -0.15) is 0 Å². The molecule has 2 aromatic carbocycles. The number of aliphatic hydroxyl groups excluding tert-OH is 1. The van der Waals surface area contributed by atoms with Crippen molar-refractivity contribution in [3.05, 3.63) is 58.1 Å². The molecule has 0 radical (unpaired) electrons. The van der Waals surface area contributed by atoms with Crippen LogP contribution in [-0.4, -0.2) is 57.7 Å². The third kappa shape index (κ3) is 4.46. The smallest absolute Gasteiger partial charge is 0.264 e. The van der Waals surface area contributed by atoms with Crippen molar-refractivity contribution < 1.29 is 23.5 Å². The minimum Gasteiger partial charge on any atom is -0.396 e. The van der Waals surface area contributed by atoms with Crippen molar-refractivity contribution in [3.63, 3.8) is 0 Å². The van der Waals surface area contributed by atoms with Crippen LogP contribution in [0.25, 0.3) is 0 Å². The molecule has 2 N–H and O–H groups in total. The van der Waals surface area contributed by atoms with E-state index in [1.165, 1.54) is 0 Å². The highest BCUT2D eigenvalue weighted by molar-refractivity contribution is 9.10. The van der Waals surface area contributed by atoms with Gasteiger partial charge in [0.15, 0.2) is 5.60 Å². The summed E-state index contributed by atoms with van der Waals surface area (Å²) in [7, 11) is -3.24. The molecule has 2 saturated heterocycles. The second-order valence-electron chi connectivity index (χ2n) is 10.7. The van der Waals surface area contributed by atoms with Gasteiger partial charge in [0.1, 0.15) is 0 Å². The Morgan fingerprint density at radius 1 is 1.24 bits per heavy atom. The van der Waals surface area contributed by atoms with Gasteiger partial charge in [0, 0.05) is 46.9 Å². The minimum atomic E-state index is -3.24. The standard InChI is InChI=1S/C27H33BrFN3O4Si/c1-17-25(37(2,3)29)23(9-12-33)36-27(17)21-14-19(28)7-8-22(21)32(26(27)35)16-18-5-4-6-20(13-18)31-11-10-30-15-24(31)34/h4-8,13-14,17,23,25,30,33H,9-12,15-16H2,1-3H3/t17-,23+,25-,27+/m0/s1. The molecule has 5 rings (SSSR count). The van der Waals surface area contributed by atoms with Gasteiger partial charge in [-0.15, -0.1) is 0 Å². The number of nitrogens with zero attached hydrogens (tertiary/aromatic N) is 2. The number of hydrogen-bond donors (Lipinski definition) is 2. The van der Waals surface area contributed by atoms with Crippen LogP contribution in [0.2, 0.25) is 18.6 Å². The Morgan fingerprint density at radius 2 is 2.03 bits per heavy atom. The van der Waals surface area contributed by atoms with Gasteiger partial charge in [-0.05, 0) is 55.4 Å². The molecule has 4 atom stereocenters. The molecule has 0 bridgehead atoms. The Labute approximate surface area is 226 Å². The highest BCUT2D eigenvalue weighted by atomic mass is 79.9. The predicted molar refractivity (Wildman–Crippen MR) is 147 cm³/mol. The first kappa shape index (κ1) is 26.5. The molecule has 3 heterocycles. The molecule has 2 amide bonds. The largest absolute Gasteiger partial charge is 0.396 e. The van der Waals surface area contributed by atoms with E-state index < -0.39 is 31.6 Å². The van der Waals surface area contributed by atoms with Gasteiger partial charge in [-0.25, -0.2) is 0 Å². The lowest BCUT2D eigenvalue weighted by Gasteiger charge is -2.31. The molecule has 2 aromatic rings. The molecule has 0 unspecified atom stereocenters. The van der Waals surface area contributed by atoms with E-state index in [4.69, 9.17) is 4.74 Å². The van der Waals surface area contributed by atoms with Gasteiger partial charge in [-0.1, -0.05) is 35.0 Å². The first-order valence-electron chi connectivity index (χ1n) is 12.8. The first-order valence-corrected chi connectivity index (χ1v) is 16.5. The molecule has 2 fully saturated rings. The number of piperazine rings is 1. The maximum atomic E-state index is 15.6. The predicted octanol–water partition coefficient (Wildman–Crippen LogP) is 4.09. The van der Waals surface area contributed by atoms with Crippen LogP contribution in [0.5, 0.6) is 0 Å². The lowest BCUT2D eigenvalue weighted by atomic mass is 9.82. The topological polar surface area (TPSA) is 82.1 Å². The van der Waals surface area contributed by atoms with Gasteiger partial charge < -0.3 is 29.1 Å². The van der Waals surface area contributed by atoms with Gasteiger partial charge in [0.05, 0.1) is 24.9 Å². The maximum Gasteiger partial charge on any atom is 0.264 e. The van der Waals surface area contributed by atoms with E-state index in [0.29, 0.717) is 19.6 Å². The van der Waals surface area contributed by atoms with Crippen molar-refractivity contribution in [3.8, 4) is 0 Å². The van der Waals surface area contributed by atoms with E-state index in [9.17, 15) is 14.7 Å². The molecule has 0 aliphatic carbocycles. The zero-order valence-electron chi connectivity index (χ0n) is 21.3. The molecule has 3 aliphatic heterocycles. The molecule has 7 nitrogen and oxygen atoms in total. The minimum absolute atomic E-state index is 0.0157. The fourth-order valence-corrected chi connectivity index (χ4v) is 9.36. The van der Waals surface area contributed by atoms with E-state index >= 15 is 4.11 Å². The molecule has 0 saturated carbocycles. The Kier molecular flexibility index (Phi) is 7.08. The number of halogens is 2. The Bertz CT molecular complexity index is 1220. The third-order valence-corrected chi connectivity index (χ3v) is 10.9. The van der Waals surface area contributed by atoms with E-state index in [2.05, 4.69) is 21.2 Å². The number of anilines is 2. The average molecular weight is 591 g/mol. The number of nitrogens with one attached hydrogen (secondary N) is 1. The lowest BCUT2D eigenvalue weighted by Crippen LogP contribution is -2.48. The van der Waals surface area contributed by atoms with E-state index in [1.54, 1.807) is 22.9 Å². The van der Waals surface area contributed by atoms with E-state index in [1.807, 2.05) is 49.4 Å². The molecule has 1 spiro atoms. The monoisotopic (exact) mass is 589 g/mol. The maximum absolute atomic E-state index is 15.6. The van der Waals surface area contributed by atoms with Gasteiger partial charge in [-0.3, -0.25) is 9.59 Å². The van der Waals surface area contributed by atoms with Crippen molar-refractivity contribution in [1.29, 1.82) is 0 Å². The summed E-state index contributed by atoms with van der Waals surface area (Å²) in [6, 6.07) is 13.4. The Morgan fingerprint density at radius 3 is 2.73 bits per heavy atom. The number of rotatable bonds is 6. The summed E-state index contributed by atoms with van der Waals surface area (Å²) in [4.78, 5) is 30.2. The van der Waals surface area contributed by atoms with Crippen molar-refractivity contribution >= 4 is 47.5 Å². The molecule has 37 heavy (non-hydrogen) atoms. The fraction of sp³-hybridized carbons (Fsp3) is 0.481. The molecular formula is C27H33BrFN3O4Si. The van der Waals surface area contributed by atoms with Crippen molar-refractivity contribution in [2.45, 2.75) is 50.2 Å². The first-order chi connectivity index (χ1) is 17.6. The quantitative estimate of drug-likeness (QED) is 0.392. The second-order valence-corrected chi connectivity index (χ2v) is 15.4. The van der Waals surface area contributed by atoms with E-state index in [-0.39, 0.29) is 24.8 Å². The number of amides is 2. The number of carbonyl (C=O) groups excluding carboxylic acids is 2. The van der Waals surface area contributed by atoms with Crippen molar-refractivity contribution in [2.75, 3.05) is 36.0 Å². The number of ether oxygens (including phenoxy) is 1. The lowest BCUT2D eigenvalue weighted by molar-refractivity contribution is -0.146. The van der Waals surface area contributed by atoms with Crippen LogP contribution in [0, 0.1) is 5.92 Å². The normalized spacial score (nSPS) is 27.9. The van der Waals surface area contributed by atoms with Crippen molar-refractivity contribution in [1.82, 2.24) is 5.32 Å². The summed E-state index contributed by atoms with van der Waals surface area (Å²) in [6.07, 6.45) is -0.251. The molecule has 198 valence electrons. The summed E-state index contributed by atoms with van der Waals surface area (Å²) in [6.45, 7) is 7.02. The average Bonchev–Trinajstić information content (AvgIpc) is 3.26. The number of benzene rings is 2. The number of aliphatic hydroxyl groups is 1. The summed E-state index contributed by atoms with van der Waals surface area (Å²) in [5.74, 6) is -0.589. The van der Waals surface area contributed by atoms with Gasteiger partial charge >= 0.3 is 0 Å². The van der Waals surface area contributed by atoms with Gasteiger partial charge in [0.2, 0.25) is 14.3 Å². The highest BCUT2D eigenvalue weighted by Gasteiger charge is 2.66. The summed E-state index contributed by atoms with van der Waals surface area (Å²) >= 11 is 3.55. The summed E-state index contributed by atoms with van der Waals surface area (Å²) in [5, 5.41) is 12.8. The SMILES string of the molecule is C[C@H]1[C@H]([Si](C)(C)F)[C@@H](CCO)O[C@]12C(=O)N(Cc1cccc(N3CCNCC3=O)c1)c1ccc(Br)cc12. The zero-order valence-corrected chi connectivity index (χ0v) is 23.9. The van der Waals surface area contributed by atoms with E-state index in [0.717, 1.165) is 33.5 Å². The Balaban J connectivity index is 1.53. The molecule has 10 heteroatoms. The molecular weight excluding hydrogens is 557 g/mol. The highest BCUT2D eigenvalue weighted by Crippen LogP contribution is 2.60. The fourth-order valence-electron chi connectivity index (χ4n) is 6.46. The van der Waals surface area contributed by atoms with Crippen LogP contribution in [0.3, 0.4) is 0 Å². The number of fused-ring (bicyclic) bond motifs is 2. The van der Waals surface area contributed by atoms with Crippen molar-refractivity contribution in [2.24, 2.45) is 5.92 Å².